The van der Waals surface area contributed by atoms with Gasteiger partial charge in [0.2, 0.25) is 11.0 Å². The molecule has 0 saturated heterocycles. The first-order valence-corrected chi connectivity index (χ1v) is 19.8. The molecule has 2 heterocycles. The standard InChI is InChI=1S/C40H68Cl2N2/c1-3-5-7-9-13-17-21-25-37-29-33-43(34-30-37)39(41)27-23-19-15-11-12-16-20-24-28-40(42)44-35-31-38(32-36-44)26-22-18-14-10-8-6-4-2/h29-36,39-40H,3-28H2,1-2H3/q+2. The molecule has 0 aliphatic heterocycles. The van der Waals surface area contributed by atoms with Gasteiger partial charge in [-0.2, -0.15) is 9.13 Å². The molecule has 2 atom stereocenters. The molecule has 4 heteroatoms. The molecule has 2 nitrogen and oxygen atoms in total. The Hall–Kier alpha value is -1.12. The van der Waals surface area contributed by atoms with Crippen LogP contribution in [0.3, 0.4) is 0 Å². The van der Waals surface area contributed by atoms with E-state index in [1.54, 1.807) is 0 Å². The van der Waals surface area contributed by atoms with Gasteiger partial charge in [0.15, 0.2) is 24.8 Å². The predicted molar refractivity (Wildman–Crippen MR) is 193 cm³/mol. The van der Waals surface area contributed by atoms with Crippen molar-refractivity contribution in [2.45, 2.75) is 192 Å². The highest BCUT2D eigenvalue weighted by molar-refractivity contribution is 6.18. The molecule has 2 rings (SSSR count). The lowest BCUT2D eigenvalue weighted by Gasteiger charge is -2.07. The summed E-state index contributed by atoms with van der Waals surface area (Å²) in [5.74, 6) is 0. The summed E-state index contributed by atoms with van der Waals surface area (Å²) < 4.78 is 4.37. The van der Waals surface area contributed by atoms with E-state index in [4.69, 9.17) is 23.2 Å². The van der Waals surface area contributed by atoms with Crippen molar-refractivity contribution >= 4 is 23.2 Å². The first-order chi connectivity index (χ1) is 21.6. The monoisotopic (exact) mass is 646 g/mol. The van der Waals surface area contributed by atoms with Gasteiger partial charge in [0.25, 0.3) is 0 Å². The molecule has 250 valence electrons. The van der Waals surface area contributed by atoms with Gasteiger partial charge < -0.3 is 0 Å². The minimum Gasteiger partial charge on any atom is -0.188 e. The highest BCUT2D eigenvalue weighted by Crippen LogP contribution is 2.19. The van der Waals surface area contributed by atoms with E-state index in [0.29, 0.717) is 0 Å². The zero-order valence-electron chi connectivity index (χ0n) is 28.8. The average Bonchev–Trinajstić information content (AvgIpc) is 3.05. The largest absolute Gasteiger partial charge is 0.232 e. The van der Waals surface area contributed by atoms with E-state index >= 15 is 0 Å². The van der Waals surface area contributed by atoms with Crippen molar-refractivity contribution in [2.24, 2.45) is 0 Å². The van der Waals surface area contributed by atoms with Crippen LogP contribution in [0.1, 0.15) is 190 Å². The van der Waals surface area contributed by atoms with Crippen LogP contribution < -0.4 is 9.13 Å². The van der Waals surface area contributed by atoms with Crippen LogP contribution in [0.25, 0.3) is 0 Å². The van der Waals surface area contributed by atoms with Crippen LogP contribution in [-0.2, 0) is 12.8 Å². The van der Waals surface area contributed by atoms with Gasteiger partial charge in [0, 0.05) is 37.1 Å². The van der Waals surface area contributed by atoms with Crippen LogP contribution in [0.15, 0.2) is 49.1 Å². The van der Waals surface area contributed by atoms with E-state index in [0.717, 1.165) is 12.8 Å². The molecule has 0 aliphatic carbocycles. The lowest BCUT2D eigenvalue weighted by atomic mass is 10.0. The van der Waals surface area contributed by atoms with Crippen LogP contribution in [0.2, 0.25) is 0 Å². The molecule has 0 aromatic carbocycles. The van der Waals surface area contributed by atoms with Crippen LogP contribution in [-0.4, -0.2) is 0 Å². The lowest BCUT2D eigenvalue weighted by Crippen LogP contribution is -2.35. The van der Waals surface area contributed by atoms with E-state index in [2.05, 4.69) is 72.0 Å². The fraction of sp³-hybridized carbons (Fsp3) is 0.750. The minimum absolute atomic E-state index is 0.0743. The Balaban J connectivity index is 1.42. The van der Waals surface area contributed by atoms with Crippen molar-refractivity contribution in [3.8, 4) is 0 Å². The van der Waals surface area contributed by atoms with Crippen molar-refractivity contribution in [2.75, 3.05) is 0 Å². The maximum Gasteiger partial charge on any atom is 0.232 e. The van der Waals surface area contributed by atoms with Crippen molar-refractivity contribution in [1.29, 1.82) is 0 Å². The Morgan fingerprint density at radius 3 is 1.00 bits per heavy atom. The summed E-state index contributed by atoms with van der Waals surface area (Å²) in [6, 6.07) is 9.08. The fourth-order valence-corrected chi connectivity index (χ4v) is 6.77. The summed E-state index contributed by atoms with van der Waals surface area (Å²) in [5, 5.41) is 0. The molecule has 44 heavy (non-hydrogen) atoms. The Bertz CT molecular complexity index is 823. The van der Waals surface area contributed by atoms with E-state index in [1.165, 1.54) is 165 Å². The normalized spacial score (nSPS) is 12.9. The molecule has 0 radical (unpaired) electrons. The molecule has 2 aromatic heterocycles. The Kier molecular flexibility index (Phi) is 24.0. The number of rotatable bonds is 29. The van der Waals surface area contributed by atoms with Crippen LogP contribution in [0, 0.1) is 0 Å². The third-order valence-corrected chi connectivity index (χ3v) is 10.1. The average molecular weight is 648 g/mol. The van der Waals surface area contributed by atoms with Crippen LogP contribution in [0.5, 0.6) is 0 Å². The molecule has 0 amide bonds. The molecule has 0 N–H and O–H groups in total. The fourth-order valence-electron chi connectivity index (χ4n) is 6.20. The van der Waals surface area contributed by atoms with Gasteiger partial charge in [-0.15, -0.1) is 0 Å². The second-order valence-corrected chi connectivity index (χ2v) is 14.3. The zero-order valence-corrected chi connectivity index (χ0v) is 30.3. The van der Waals surface area contributed by atoms with E-state index in [9.17, 15) is 0 Å². The van der Waals surface area contributed by atoms with Gasteiger partial charge in [0.1, 0.15) is 0 Å². The summed E-state index contributed by atoms with van der Waals surface area (Å²) in [4.78, 5) is 0. The van der Waals surface area contributed by atoms with E-state index in [-0.39, 0.29) is 11.0 Å². The maximum atomic E-state index is 6.71. The molecule has 0 bridgehead atoms. The molecular formula is C40H68Cl2N2+2. The first-order valence-electron chi connectivity index (χ1n) is 18.9. The quantitative estimate of drug-likeness (QED) is 0.0472. The molecule has 0 saturated carbocycles. The molecule has 0 spiro atoms. The molecular weight excluding hydrogens is 579 g/mol. The number of nitrogens with zero attached hydrogens (tertiary/aromatic N) is 2. The maximum absolute atomic E-state index is 6.71. The first kappa shape index (κ1) is 39.1. The Morgan fingerprint density at radius 2 is 0.682 bits per heavy atom. The second kappa shape index (κ2) is 27.0. The SMILES string of the molecule is CCCCCCCCCc1cc[n+](C(Cl)CCCCCCCCCCC(Cl)[n+]2ccc(CCCCCCCCC)cc2)cc1. The predicted octanol–water partition coefficient (Wildman–Crippen LogP) is 12.9. The van der Waals surface area contributed by atoms with Gasteiger partial charge in [0.05, 0.1) is 0 Å². The lowest BCUT2D eigenvalue weighted by molar-refractivity contribution is -0.703. The number of unbranched alkanes of at least 4 members (excludes halogenated alkanes) is 19. The van der Waals surface area contributed by atoms with E-state index in [1.807, 2.05) is 0 Å². The highest BCUT2D eigenvalue weighted by Gasteiger charge is 2.15. The van der Waals surface area contributed by atoms with Gasteiger partial charge >= 0.3 is 0 Å². The van der Waals surface area contributed by atoms with Crippen molar-refractivity contribution < 1.29 is 9.13 Å². The summed E-state index contributed by atoms with van der Waals surface area (Å²) in [7, 11) is 0. The molecule has 2 aromatic rings. The topological polar surface area (TPSA) is 7.76 Å². The number of hydrogen-bond donors (Lipinski definition) is 0. The van der Waals surface area contributed by atoms with Gasteiger partial charge in [-0.25, -0.2) is 0 Å². The van der Waals surface area contributed by atoms with Crippen LogP contribution >= 0.6 is 23.2 Å². The van der Waals surface area contributed by atoms with Crippen molar-refractivity contribution in [3.05, 3.63) is 60.2 Å². The number of aromatic nitrogens is 2. The van der Waals surface area contributed by atoms with Gasteiger partial charge in [-0.05, 0) is 72.9 Å². The smallest absolute Gasteiger partial charge is 0.188 e. The summed E-state index contributed by atoms with van der Waals surface area (Å²) in [6.07, 6.45) is 42.7. The Labute approximate surface area is 283 Å². The minimum atomic E-state index is 0.0743. The number of hydrogen-bond acceptors (Lipinski definition) is 0. The van der Waals surface area contributed by atoms with Crippen LogP contribution in [0.4, 0.5) is 0 Å². The van der Waals surface area contributed by atoms with Crippen molar-refractivity contribution in [3.63, 3.8) is 0 Å². The number of alkyl halides is 2. The third kappa shape index (κ3) is 19.4. The number of halogens is 2. The zero-order chi connectivity index (χ0) is 31.5. The second-order valence-electron chi connectivity index (χ2n) is 13.3. The van der Waals surface area contributed by atoms with Gasteiger partial charge in [-0.3, -0.25) is 0 Å². The summed E-state index contributed by atoms with van der Waals surface area (Å²) >= 11 is 13.4. The van der Waals surface area contributed by atoms with E-state index < -0.39 is 0 Å². The third-order valence-electron chi connectivity index (χ3n) is 9.26. The number of aryl methyl sites for hydroxylation is 2. The summed E-state index contributed by atoms with van der Waals surface area (Å²) in [6.45, 7) is 4.57. The molecule has 0 fully saturated rings. The highest BCUT2D eigenvalue weighted by atomic mass is 35.5. The molecule has 0 aliphatic rings. The van der Waals surface area contributed by atoms with Crippen molar-refractivity contribution in [1.82, 2.24) is 0 Å². The Morgan fingerprint density at radius 1 is 0.409 bits per heavy atom. The molecule has 2 unspecified atom stereocenters. The number of pyridine rings is 2. The summed E-state index contributed by atoms with van der Waals surface area (Å²) in [5.41, 5.74) is 3.04. The van der Waals surface area contributed by atoms with Gasteiger partial charge in [-0.1, -0.05) is 129 Å².